The zero-order chi connectivity index (χ0) is 57.3. The molecule has 74 heavy (non-hydrogen) atoms. The second-order valence-electron chi connectivity index (χ2n) is 18.3. The first kappa shape index (κ1) is 76.2. The first-order chi connectivity index (χ1) is 34.8. The lowest BCUT2D eigenvalue weighted by Crippen LogP contribution is -2.39. The van der Waals surface area contributed by atoms with Crippen LogP contribution in [0.3, 0.4) is 0 Å². The second-order valence-corrected chi connectivity index (χ2v) is 20.6. The number of nitrogens with one attached hydrogen (secondary N) is 2. The molecule has 0 spiro atoms. The molecule has 5 aliphatic rings. The van der Waals surface area contributed by atoms with Gasteiger partial charge < -0.3 is 56.1 Å². The largest absolute Gasteiger partial charge is 0.383 e. The van der Waals surface area contributed by atoms with E-state index in [0.717, 1.165) is 104 Å². The maximum absolute atomic E-state index is 10.7. The van der Waals surface area contributed by atoms with Crippen molar-refractivity contribution in [2.45, 2.75) is 107 Å². The van der Waals surface area contributed by atoms with Crippen molar-refractivity contribution in [3.05, 3.63) is 0 Å². The van der Waals surface area contributed by atoms with Crippen molar-refractivity contribution in [2.24, 2.45) is 31.4 Å². The number of nitrogens with two attached hydrogens (primary N) is 2. The van der Waals surface area contributed by atoms with E-state index in [1.807, 2.05) is 46.9 Å². The van der Waals surface area contributed by atoms with E-state index in [-0.39, 0.29) is 41.9 Å². The molecule has 4 amide bonds. The highest BCUT2D eigenvalue weighted by molar-refractivity contribution is 7.90. The fourth-order valence-electron chi connectivity index (χ4n) is 5.93. The highest BCUT2D eigenvalue weighted by Gasteiger charge is 2.12. The maximum Gasteiger partial charge on any atom is 0.219 e. The number of amides is 4. The molecule has 0 aromatic rings. The summed E-state index contributed by atoms with van der Waals surface area (Å²) in [5.41, 5.74) is 12.6. The first-order valence-corrected chi connectivity index (χ1v) is 28.3. The van der Waals surface area contributed by atoms with Gasteiger partial charge in [-0.2, -0.15) is 0 Å². The van der Waals surface area contributed by atoms with Gasteiger partial charge in [-0.3, -0.25) is 44.0 Å². The lowest BCUT2D eigenvalue weighted by molar-refractivity contribution is -0.130. The van der Waals surface area contributed by atoms with Gasteiger partial charge in [-0.15, -0.1) is 0 Å². The third-order valence-corrected chi connectivity index (χ3v) is 12.1. The topological polar surface area (TPSA) is 266 Å². The van der Waals surface area contributed by atoms with Gasteiger partial charge in [0.05, 0.1) is 38.0 Å². The first-order valence-electron chi connectivity index (χ1n) is 26.3. The summed E-state index contributed by atoms with van der Waals surface area (Å²) in [7, 11) is 9.79. The molecular formula is C51H108N14O8S. The van der Waals surface area contributed by atoms with Gasteiger partial charge in [0.2, 0.25) is 23.6 Å². The molecule has 2 fully saturated rings. The Morgan fingerprint density at radius 1 is 0.757 bits per heavy atom. The number of nitrogens with zero attached hydrogens (tertiary/aromatic N) is 10. The summed E-state index contributed by atoms with van der Waals surface area (Å²) in [5.74, 6) is 1.59. The van der Waals surface area contributed by atoms with Gasteiger partial charge in [0.25, 0.3) is 0 Å². The SMILES string of the molecule is CC(=O)N(C)CCN(C)C.CC(=O)N(C)CCS(C)(=O)=O.CC(=O)N1CCCCC1.CC1=NCCC1.CC1=NCCN1.CCC1=NCCC1.CCN=C(N)N.CNCCN1CCOCC1.COCCN(C)C(C)=O. The number of carbonyl (C=O) groups excluding carboxylic acids is 4. The molecule has 22 nitrogen and oxygen atoms in total. The quantitative estimate of drug-likeness (QED) is 0.144. The number of piperidine rings is 1. The molecular weight excluding hydrogens is 969 g/mol. The summed E-state index contributed by atoms with van der Waals surface area (Å²) >= 11 is 0. The number of sulfone groups is 1. The van der Waals surface area contributed by atoms with E-state index in [4.69, 9.17) is 20.9 Å². The lowest BCUT2D eigenvalue weighted by Gasteiger charge is -2.26. The van der Waals surface area contributed by atoms with Gasteiger partial charge in [-0.25, -0.2) is 8.42 Å². The Morgan fingerprint density at radius 2 is 1.30 bits per heavy atom. The van der Waals surface area contributed by atoms with Gasteiger partial charge in [0.1, 0.15) is 9.84 Å². The molecule has 436 valence electrons. The molecule has 5 heterocycles. The summed E-state index contributed by atoms with van der Waals surface area (Å²) in [6.45, 7) is 30.6. The molecule has 0 bridgehead atoms. The number of likely N-dealkylation sites (tertiary alicyclic amines) is 1. The number of guanidine groups is 1. The lowest BCUT2D eigenvalue weighted by atomic mass is 10.1. The number of amidine groups is 1. The Bertz CT molecular complexity index is 1640. The number of likely N-dealkylation sites (N-methyl/N-ethyl adjacent to an activating group) is 4. The predicted octanol–water partition coefficient (Wildman–Crippen LogP) is 2.36. The van der Waals surface area contributed by atoms with Crippen LogP contribution < -0.4 is 22.1 Å². The summed E-state index contributed by atoms with van der Waals surface area (Å²) in [5, 5.41) is 6.20. The van der Waals surface area contributed by atoms with Crippen molar-refractivity contribution < 1.29 is 37.1 Å². The van der Waals surface area contributed by atoms with Crippen LogP contribution >= 0.6 is 0 Å². The highest BCUT2D eigenvalue weighted by atomic mass is 32.2. The minimum Gasteiger partial charge on any atom is -0.383 e. The van der Waals surface area contributed by atoms with Crippen LogP contribution in [0.15, 0.2) is 20.0 Å². The maximum atomic E-state index is 10.7. The molecule has 0 aromatic carbocycles. The van der Waals surface area contributed by atoms with Gasteiger partial charge in [-0.05, 0) is 93.3 Å². The van der Waals surface area contributed by atoms with Gasteiger partial charge in [0, 0.05) is 165 Å². The molecule has 0 atom stereocenters. The Hall–Kier alpha value is -4.29. The van der Waals surface area contributed by atoms with Gasteiger partial charge in [-0.1, -0.05) is 6.92 Å². The van der Waals surface area contributed by atoms with E-state index >= 15 is 0 Å². The number of ether oxygens (including phenoxy) is 2. The molecule has 0 saturated carbocycles. The number of rotatable bonds is 14. The normalized spacial score (nSPS) is 15.3. The molecule has 0 aromatic heterocycles. The van der Waals surface area contributed by atoms with Crippen LogP contribution in [-0.2, 0) is 38.5 Å². The van der Waals surface area contributed by atoms with E-state index in [0.29, 0.717) is 19.7 Å². The fraction of sp³-hybridized carbons (Fsp3) is 0.843. The number of hydrogen-bond acceptors (Lipinski definition) is 16. The summed E-state index contributed by atoms with van der Waals surface area (Å²) in [6, 6.07) is 0. The Kier molecular flexibility index (Phi) is 52.4. The predicted molar refractivity (Wildman–Crippen MR) is 309 cm³/mol. The number of aliphatic imine (C=N–C) groups is 4. The number of carbonyl (C=O) groups is 4. The van der Waals surface area contributed by atoms with E-state index in [1.165, 1.54) is 81.5 Å². The Morgan fingerprint density at radius 3 is 1.59 bits per heavy atom. The third kappa shape index (κ3) is 57.0. The van der Waals surface area contributed by atoms with Crippen LogP contribution in [0.2, 0.25) is 0 Å². The van der Waals surface area contributed by atoms with Crippen LogP contribution in [0, 0.1) is 0 Å². The van der Waals surface area contributed by atoms with Crippen molar-refractivity contribution in [1.29, 1.82) is 0 Å². The van der Waals surface area contributed by atoms with Crippen LogP contribution in [0.4, 0.5) is 0 Å². The van der Waals surface area contributed by atoms with Crippen molar-refractivity contribution in [3.8, 4) is 0 Å². The monoisotopic (exact) mass is 1080 g/mol. The summed E-state index contributed by atoms with van der Waals surface area (Å²) < 4.78 is 31.2. The van der Waals surface area contributed by atoms with Crippen LogP contribution in [0.25, 0.3) is 0 Å². The van der Waals surface area contributed by atoms with Gasteiger partial charge in [0.15, 0.2) is 5.96 Å². The molecule has 5 aliphatic heterocycles. The van der Waals surface area contributed by atoms with E-state index < -0.39 is 9.84 Å². The number of hydrogen-bond donors (Lipinski definition) is 4. The van der Waals surface area contributed by atoms with Crippen LogP contribution in [0.1, 0.15) is 107 Å². The minimum absolute atomic E-state index is 0.0308. The fourth-order valence-corrected chi connectivity index (χ4v) is 6.53. The molecule has 23 heteroatoms. The van der Waals surface area contributed by atoms with E-state index in [2.05, 4.69) is 54.3 Å². The average molecular weight is 1080 g/mol. The second kappa shape index (κ2) is 50.8. The Balaban J connectivity index is -0.000000375. The zero-order valence-electron chi connectivity index (χ0n) is 49.4. The molecule has 6 N–H and O–H groups in total. The van der Waals surface area contributed by atoms with E-state index in [1.54, 1.807) is 44.9 Å². The smallest absolute Gasteiger partial charge is 0.219 e. The van der Waals surface area contributed by atoms with Crippen molar-refractivity contribution >= 4 is 56.7 Å². The van der Waals surface area contributed by atoms with E-state index in [9.17, 15) is 27.6 Å². The zero-order valence-corrected chi connectivity index (χ0v) is 50.2. The van der Waals surface area contributed by atoms with Crippen LogP contribution in [0.5, 0.6) is 0 Å². The minimum atomic E-state index is -2.95. The third-order valence-electron chi connectivity index (χ3n) is 11.1. The summed E-state index contributed by atoms with van der Waals surface area (Å²) in [6.07, 6.45) is 11.1. The van der Waals surface area contributed by atoms with Crippen molar-refractivity contribution in [3.63, 3.8) is 0 Å². The Labute approximate surface area is 449 Å². The number of methoxy groups -OCH3 is 1. The van der Waals surface area contributed by atoms with Crippen LogP contribution in [-0.4, -0.2) is 264 Å². The standard InChI is InChI=1S/2C7H16N2O.C7H13NO.C6H13NO3S.C6H13NO2.C6H11N.C5H9N.C4H8N2.C3H9N3/c1-8-2-3-9-4-6-10-7-5-9;1-7(10)9(4)6-5-8(2)3;1-7(9)8-5-3-2-4-6-8;1-6(8)7(2)4-5-11(3,9)10;1-6(8)7(2)4-5-9-3;1-2-6-4-3-5-7-6;1-5-3-2-4-6-5;1-4-5-2-3-6-4;1-2-6-3(4)5/h8H,2-7H2,1H3;5-6H2,1-4H3;2-6H2,1H3;4-5H2,1-3H3;4-5H2,1-3H3;2-5H2,1H3;2-4H2,1H3;2-3H2,1H3,(H,5,6);2H2,1H3,(H4,4,5,6). The van der Waals surface area contributed by atoms with Crippen molar-refractivity contribution in [1.82, 2.24) is 40.0 Å². The highest BCUT2D eigenvalue weighted by Crippen LogP contribution is 2.08. The average Bonchev–Trinajstić information content (AvgIpc) is 4.19. The molecule has 0 aliphatic carbocycles. The molecule has 0 unspecified atom stereocenters. The molecule has 5 rings (SSSR count). The molecule has 0 radical (unpaired) electrons. The van der Waals surface area contributed by atoms with Gasteiger partial charge >= 0.3 is 0 Å². The number of morpholine rings is 1. The summed E-state index contributed by atoms with van der Waals surface area (Å²) in [4.78, 5) is 69.7. The van der Waals surface area contributed by atoms with Crippen molar-refractivity contribution in [2.75, 3.05) is 179 Å². The molecule has 2 saturated heterocycles.